The van der Waals surface area contributed by atoms with E-state index in [0.29, 0.717) is 5.69 Å². The molecule has 0 saturated carbocycles. The summed E-state index contributed by atoms with van der Waals surface area (Å²) in [4.78, 5) is 15.4. The topological polar surface area (TPSA) is 39.2 Å². The van der Waals surface area contributed by atoms with E-state index in [0.717, 1.165) is 14.4 Å². The van der Waals surface area contributed by atoms with Crippen molar-refractivity contribution in [1.29, 1.82) is 0 Å². The van der Waals surface area contributed by atoms with Crippen LogP contribution < -0.4 is 0 Å². The van der Waals surface area contributed by atoms with Gasteiger partial charge >= 0.3 is 5.97 Å². The highest BCUT2D eigenvalue weighted by Gasteiger charge is 2.12. The van der Waals surface area contributed by atoms with Crippen molar-refractivity contribution < 1.29 is 9.53 Å². The first-order valence-electron chi connectivity index (χ1n) is 3.99. The molecule has 3 nitrogen and oxygen atoms in total. The molecule has 0 N–H and O–H groups in total. The number of hydrogen-bond acceptors (Lipinski definition) is 5. The number of thiazole rings is 1. The second-order valence-corrected chi connectivity index (χ2v) is 5.82. The van der Waals surface area contributed by atoms with E-state index in [1.165, 1.54) is 18.4 Å². The number of hydrogen-bond donors (Lipinski definition) is 0. The Morgan fingerprint density at radius 2 is 2.27 bits per heavy atom. The molecule has 0 amide bonds. The normalized spacial score (nSPS) is 10.3. The number of halogens is 1. The van der Waals surface area contributed by atoms with Gasteiger partial charge in [-0.05, 0) is 22.0 Å². The van der Waals surface area contributed by atoms with Gasteiger partial charge in [-0.1, -0.05) is 0 Å². The van der Waals surface area contributed by atoms with Crippen molar-refractivity contribution >= 4 is 44.6 Å². The highest BCUT2D eigenvalue weighted by molar-refractivity contribution is 9.11. The first-order chi connectivity index (χ1) is 7.20. The molecule has 0 saturated heterocycles. The van der Waals surface area contributed by atoms with Gasteiger partial charge in [-0.25, -0.2) is 9.78 Å². The molecule has 0 aliphatic rings. The minimum Gasteiger partial charge on any atom is -0.464 e. The van der Waals surface area contributed by atoms with Crippen LogP contribution in [0.25, 0.3) is 10.6 Å². The van der Waals surface area contributed by atoms with Crippen molar-refractivity contribution in [2.75, 3.05) is 7.11 Å². The van der Waals surface area contributed by atoms with Crippen LogP contribution in [0.2, 0.25) is 0 Å². The second-order valence-electron chi connectivity index (χ2n) is 2.67. The molecule has 2 aromatic heterocycles. The quantitative estimate of drug-likeness (QED) is 0.798. The molecule has 0 unspecified atom stereocenters. The predicted molar refractivity (Wildman–Crippen MR) is 64.5 cm³/mol. The number of esters is 1. The largest absolute Gasteiger partial charge is 0.464 e. The minimum atomic E-state index is -0.396. The molecule has 0 bridgehead atoms. The molecule has 0 aromatic carbocycles. The van der Waals surface area contributed by atoms with Gasteiger partial charge < -0.3 is 4.74 Å². The number of rotatable bonds is 2. The standard InChI is InChI=1S/C9H6BrNO2S2/c1-13-9(12)6-4-15-8(11-6)5-2-7(10)14-3-5/h2-4H,1H3. The number of ether oxygens (including phenoxy) is 1. The molecule has 6 heteroatoms. The molecular weight excluding hydrogens is 298 g/mol. The molecule has 2 aromatic rings. The maximum Gasteiger partial charge on any atom is 0.357 e. The first-order valence-corrected chi connectivity index (χ1v) is 6.54. The van der Waals surface area contributed by atoms with Crippen molar-refractivity contribution in [3.63, 3.8) is 0 Å². The van der Waals surface area contributed by atoms with Gasteiger partial charge in [0, 0.05) is 16.3 Å². The maximum absolute atomic E-state index is 11.2. The number of aromatic nitrogens is 1. The Kier molecular flexibility index (Phi) is 3.18. The zero-order valence-corrected chi connectivity index (χ0v) is 10.9. The summed E-state index contributed by atoms with van der Waals surface area (Å²) in [5.74, 6) is -0.396. The average molecular weight is 304 g/mol. The maximum atomic E-state index is 11.2. The Labute approximate surface area is 103 Å². The van der Waals surface area contributed by atoms with Crippen molar-refractivity contribution in [2.45, 2.75) is 0 Å². The van der Waals surface area contributed by atoms with E-state index in [4.69, 9.17) is 0 Å². The summed E-state index contributed by atoms with van der Waals surface area (Å²) in [6, 6.07) is 1.98. The van der Waals surface area contributed by atoms with Crippen LogP contribution in [0.1, 0.15) is 10.5 Å². The van der Waals surface area contributed by atoms with Crippen LogP contribution in [0, 0.1) is 0 Å². The zero-order chi connectivity index (χ0) is 10.8. The SMILES string of the molecule is COC(=O)c1csc(-c2csc(Br)c2)n1. The van der Waals surface area contributed by atoms with Crippen molar-refractivity contribution in [2.24, 2.45) is 0 Å². The molecule has 0 spiro atoms. The van der Waals surface area contributed by atoms with Gasteiger partial charge in [0.1, 0.15) is 5.01 Å². The number of carbonyl (C=O) groups is 1. The van der Waals surface area contributed by atoms with E-state index in [-0.39, 0.29) is 0 Å². The lowest BCUT2D eigenvalue weighted by Crippen LogP contribution is -2.00. The van der Waals surface area contributed by atoms with E-state index in [1.807, 2.05) is 11.4 Å². The fourth-order valence-corrected chi connectivity index (χ4v) is 3.02. The highest BCUT2D eigenvalue weighted by Crippen LogP contribution is 2.31. The van der Waals surface area contributed by atoms with Crippen LogP contribution in [0.3, 0.4) is 0 Å². The minimum absolute atomic E-state index is 0.361. The molecule has 0 atom stereocenters. The van der Waals surface area contributed by atoms with Crippen LogP contribution in [-0.2, 0) is 4.74 Å². The Balaban J connectivity index is 2.31. The van der Waals surface area contributed by atoms with E-state index < -0.39 is 5.97 Å². The van der Waals surface area contributed by atoms with Crippen LogP contribution in [-0.4, -0.2) is 18.1 Å². The molecular formula is C9H6BrNO2S2. The van der Waals surface area contributed by atoms with Crippen LogP contribution in [0.4, 0.5) is 0 Å². The Bertz CT molecular complexity index is 492. The first kappa shape index (κ1) is 10.8. The van der Waals surface area contributed by atoms with E-state index in [1.54, 1.807) is 16.7 Å². The van der Waals surface area contributed by atoms with Gasteiger partial charge in [-0.3, -0.25) is 0 Å². The lowest BCUT2D eigenvalue weighted by atomic mass is 10.3. The molecule has 0 aliphatic carbocycles. The van der Waals surface area contributed by atoms with Crippen LogP contribution in [0.15, 0.2) is 20.6 Å². The Morgan fingerprint density at radius 3 is 2.87 bits per heavy atom. The number of nitrogens with zero attached hydrogens (tertiary/aromatic N) is 1. The van der Waals surface area contributed by atoms with Gasteiger partial charge in [0.15, 0.2) is 5.69 Å². The summed E-state index contributed by atoms with van der Waals surface area (Å²) >= 11 is 6.41. The van der Waals surface area contributed by atoms with E-state index in [9.17, 15) is 4.79 Å². The van der Waals surface area contributed by atoms with Gasteiger partial charge in [-0.15, -0.1) is 22.7 Å². The molecule has 2 rings (SSSR count). The average Bonchev–Trinajstić information content (AvgIpc) is 2.84. The van der Waals surface area contributed by atoms with E-state index in [2.05, 4.69) is 25.7 Å². The third kappa shape index (κ3) is 2.27. The molecule has 15 heavy (non-hydrogen) atoms. The number of methoxy groups -OCH3 is 1. The fraction of sp³-hybridized carbons (Fsp3) is 0.111. The van der Waals surface area contributed by atoms with E-state index >= 15 is 0 Å². The molecule has 78 valence electrons. The monoisotopic (exact) mass is 303 g/mol. The smallest absolute Gasteiger partial charge is 0.357 e. The summed E-state index contributed by atoms with van der Waals surface area (Å²) in [6.45, 7) is 0. The zero-order valence-electron chi connectivity index (χ0n) is 7.69. The third-order valence-corrected chi connectivity index (χ3v) is 4.11. The third-order valence-electron chi connectivity index (χ3n) is 1.71. The molecule has 2 heterocycles. The molecule has 0 aliphatic heterocycles. The molecule has 0 radical (unpaired) electrons. The van der Waals surface area contributed by atoms with Gasteiger partial charge in [0.2, 0.25) is 0 Å². The van der Waals surface area contributed by atoms with Gasteiger partial charge in [-0.2, -0.15) is 0 Å². The second kappa shape index (κ2) is 4.42. The van der Waals surface area contributed by atoms with Gasteiger partial charge in [0.05, 0.1) is 10.9 Å². The lowest BCUT2D eigenvalue weighted by molar-refractivity contribution is 0.0595. The van der Waals surface area contributed by atoms with Crippen molar-refractivity contribution in [3.05, 3.63) is 26.3 Å². The fourth-order valence-electron chi connectivity index (χ4n) is 1.03. The Morgan fingerprint density at radius 1 is 1.47 bits per heavy atom. The van der Waals surface area contributed by atoms with Crippen molar-refractivity contribution in [3.8, 4) is 10.6 Å². The highest BCUT2D eigenvalue weighted by atomic mass is 79.9. The van der Waals surface area contributed by atoms with Crippen LogP contribution >= 0.6 is 38.6 Å². The predicted octanol–water partition coefficient (Wildman–Crippen LogP) is 3.42. The lowest BCUT2D eigenvalue weighted by Gasteiger charge is -1.91. The molecule has 0 fully saturated rings. The summed E-state index contributed by atoms with van der Waals surface area (Å²) in [6.07, 6.45) is 0. The van der Waals surface area contributed by atoms with Crippen molar-refractivity contribution in [1.82, 2.24) is 4.98 Å². The summed E-state index contributed by atoms with van der Waals surface area (Å²) in [7, 11) is 1.35. The van der Waals surface area contributed by atoms with Crippen LogP contribution in [0.5, 0.6) is 0 Å². The summed E-state index contributed by atoms with van der Waals surface area (Å²) < 4.78 is 5.64. The summed E-state index contributed by atoms with van der Waals surface area (Å²) in [5.41, 5.74) is 1.38. The number of carbonyl (C=O) groups excluding carboxylic acids is 1. The number of thiophene rings is 1. The summed E-state index contributed by atoms with van der Waals surface area (Å²) in [5, 5.41) is 4.52. The Hall–Kier alpha value is -0.720. The van der Waals surface area contributed by atoms with Gasteiger partial charge in [0.25, 0.3) is 0 Å².